The number of amides is 2. The van der Waals surface area contributed by atoms with Crippen molar-refractivity contribution in [3.63, 3.8) is 0 Å². The SMILES string of the molecule is CC1COC2Cn3cc(C(=O)NCc4ccc(F)cc4F)c(=O)c(OCOC(=O)OCCO)c3C(=O)N12. The lowest BCUT2D eigenvalue weighted by Crippen LogP contribution is -2.49. The second-order valence-electron chi connectivity index (χ2n) is 8.20. The summed E-state index contributed by atoms with van der Waals surface area (Å²) in [5.41, 5.74) is -1.60. The monoisotopic (exact) mass is 523 g/mol. The summed E-state index contributed by atoms with van der Waals surface area (Å²) in [4.78, 5) is 52.4. The van der Waals surface area contributed by atoms with Crippen molar-refractivity contribution in [3.05, 3.63) is 63.1 Å². The van der Waals surface area contributed by atoms with E-state index in [0.29, 0.717) is 6.07 Å². The van der Waals surface area contributed by atoms with E-state index in [1.807, 2.05) is 0 Å². The van der Waals surface area contributed by atoms with Gasteiger partial charge in [-0.3, -0.25) is 14.4 Å². The van der Waals surface area contributed by atoms with Crippen LogP contribution in [0.4, 0.5) is 13.6 Å². The van der Waals surface area contributed by atoms with E-state index in [0.717, 1.165) is 12.1 Å². The number of carbonyl (C=O) groups excluding carboxylic acids is 3. The molecule has 2 aliphatic heterocycles. The van der Waals surface area contributed by atoms with Crippen LogP contribution in [0.5, 0.6) is 5.75 Å². The average Bonchev–Trinajstić information content (AvgIpc) is 3.23. The van der Waals surface area contributed by atoms with Gasteiger partial charge < -0.3 is 38.8 Å². The van der Waals surface area contributed by atoms with Crippen LogP contribution in [0.25, 0.3) is 0 Å². The highest BCUT2D eigenvalue weighted by Crippen LogP contribution is 2.30. The zero-order valence-corrected chi connectivity index (χ0v) is 19.6. The third kappa shape index (κ3) is 5.39. The van der Waals surface area contributed by atoms with Crippen molar-refractivity contribution in [2.45, 2.75) is 32.3 Å². The van der Waals surface area contributed by atoms with Crippen LogP contribution in [0.2, 0.25) is 0 Å². The smallest absolute Gasteiger partial charge is 0.451 e. The molecule has 2 N–H and O–H groups in total. The normalized spacial score (nSPS) is 18.2. The molecule has 2 unspecified atom stereocenters. The topological polar surface area (TPSA) is 146 Å². The number of aliphatic hydroxyl groups excluding tert-OH is 1. The Morgan fingerprint density at radius 3 is 2.76 bits per heavy atom. The maximum absolute atomic E-state index is 14.0. The fourth-order valence-corrected chi connectivity index (χ4v) is 4.00. The Labute approximate surface area is 208 Å². The van der Waals surface area contributed by atoms with E-state index < -0.39 is 66.0 Å². The molecule has 0 bridgehead atoms. The summed E-state index contributed by atoms with van der Waals surface area (Å²) in [5, 5.41) is 11.1. The van der Waals surface area contributed by atoms with Gasteiger partial charge in [-0.1, -0.05) is 6.07 Å². The van der Waals surface area contributed by atoms with Crippen LogP contribution < -0.4 is 15.5 Å². The molecule has 1 saturated heterocycles. The van der Waals surface area contributed by atoms with Crippen LogP contribution >= 0.6 is 0 Å². The molecule has 1 fully saturated rings. The van der Waals surface area contributed by atoms with Gasteiger partial charge in [0.15, 0.2) is 11.9 Å². The molecule has 0 saturated carbocycles. The zero-order valence-electron chi connectivity index (χ0n) is 19.6. The van der Waals surface area contributed by atoms with Gasteiger partial charge in [0.2, 0.25) is 18.0 Å². The molecule has 0 spiro atoms. The number of halogens is 2. The molecule has 1 aromatic carbocycles. The summed E-state index contributed by atoms with van der Waals surface area (Å²) >= 11 is 0. The molecule has 0 radical (unpaired) electrons. The highest BCUT2D eigenvalue weighted by molar-refractivity contribution is 5.99. The van der Waals surface area contributed by atoms with Crippen molar-refractivity contribution in [1.82, 2.24) is 14.8 Å². The minimum atomic E-state index is -1.19. The number of fused-ring (bicyclic) bond motifs is 2. The number of pyridine rings is 1. The third-order valence-corrected chi connectivity index (χ3v) is 5.73. The number of nitrogens with one attached hydrogen (secondary N) is 1. The molecule has 2 atom stereocenters. The van der Waals surface area contributed by atoms with E-state index in [9.17, 15) is 28.0 Å². The number of aliphatic hydroxyl groups is 1. The lowest BCUT2D eigenvalue weighted by Gasteiger charge is -2.34. The first-order valence-electron chi connectivity index (χ1n) is 11.2. The highest BCUT2D eigenvalue weighted by atomic mass is 19.1. The van der Waals surface area contributed by atoms with Gasteiger partial charge in [0.1, 0.15) is 23.8 Å². The van der Waals surface area contributed by atoms with Gasteiger partial charge in [-0.2, -0.15) is 0 Å². The van der Waals surface area contributed by atoms with Gasteiger partial charge in [0.25, 0.3) is 11.8 Å². The van der Waals surface area contributed by atoms with E-state index in [4.69, 9.17) is 19.3 Å². The Hall–Kier alpha value is -4.04. The number of rotatable bonds is 8. The fourth-order valence-electron chi connectivity index (χ4n) is 4.00. The van der Waals surface area contributed by atoms with Crippen LogP contribution in [0.3, 0.4) is 0 Å². The first-order valence-corrected chi connectivity index (χ1v) is 11.2. The Morgan fingerprint density at radius 1 is 1.24 bits per heavy atom. The Kier molecular flexibility index (Phi) is 7.69. The molecule has 0 aliphatic carbocycles. The number of aromatic nitrogens is 1. The predicted molar refractivity (Wildman–Crippen MR) is 119 cm³/mol. The number of hydrogen-bond acceptors (Lipinski definition) is 9. The lowest BCUT2D eigenvalue weighted by molar-refractivity contribution is -0.00531. The predicted octanol–water partition coefficient (Wildman–Crippen LogP) is 0.739. The molecule has 2 aliphatic rings. The summed E-state index contributed by atoms with van der Waals surface area (Å²) in [6.45, 7) is 0.168. The van der Waals surface area contributed by atoms with E-state index in [1.54, 1.807) is 6.92 Å². The van der Waals surface area contributed by atoms with Crippen LogP contribution in [-0.4, -0.2) is 71.4 Å². The van der Waals surface area contributed by atoms with Gasteiger partial charge in [-0.05, 0) is 13.0 Å². The largest absolute Gasteiger partial charge is 0.511 e. The van der Waals surface area contributed by atoms with Crippen molar-refractivity contribution in [3.8, 4) is 5.75 Å². The van der Waals surface area contributed by atoms with Crippen LogP contribution in [-0.2, 0) is 27.3 Å². The zero-order chi connectivity index (χ0) is 26.7. The minimum Gasteiger partial charge on any atom is -0.451 e. The quantitative estimate of drug-likeness (QED) is 0.378. The number of ether oxygens (including phenoxy) is 4. The summed E-state index contributed by atoms with van der Waals surface area (Å²) in [6, 6.07) is 2.55. The summed E-state index contributed by atoms with van der Waals surface area (Å²) in [6.07, 6.45) is -0.663. The van der Waals surface area contributed by atoms with E-state index >= 15 is 0 Å². The molecule has 37 heavy (non-hydrogen) atoms. The van der Waals surface area contributed by atoms with E-state index in [-0.39, 0.29) is 43.6 Å². The fraction of sp³-hybridized carbons (Fsp3) is 0.391. The minimum absolute atomic E-state index is 0.0155. The second kappa shape index (κ2) is 10.9. The molecule has 12 nitrogen and oxygen atoms in total. The molecule has 2 aromatic rings. The Morgan fingerprint density at radius 2 is 2.03 bits per heavy atom. The van der Waals surface area contributed by atoms with Crippen molar-refractivity contribution in [1.29, 1.82) is 0 Å². The standard InChI is InChI=1S/C23H23F2N3O9/c1-12-10-35-17-9-27-8-15(21(31)26-7-13-2-3-14(24)6-16(13)25)19(30)20(18(27)22(32)28(12)17)36-11-37-23(33)34-5-4-29/h2-3,6,8,12,17,29H,4-5,7,9-11H2,1H3,(H,26,31). The number of hydrogen-bond donors (Lipinski definition) is 2. The van der Waals surface area contributed by atoms with Gasteiger partial charge >= 0.3 is 6.16 Å². The van der Waals surface area contributed by atoms with Crippen molar-refractivity contribution < 1.29 is 47.2 Å². The Bertz CT molecular complexity index is 1280. The summed E-state index contributed by atoms with van der Waals surface area (Å²) in [7, 11) is 0. The van der Waals surface area contributed by atoms with Gasteiger partial charge in [0.05, 0.1) is 25.8 Å². The first kappa shape index (κ1) is 26.0. The first-order chi connectivity index (χ1) is 17.7. The van der Waals surface area contributed by atoms with Gasteiger partial charge in [0, 0.05) is 24.4 Å². The van der Waals surface area contributed by atoms with Crippen LogP contribution in [0, 0.1) is 11.6 Å². The molecular weight excluding hydrogens is 500 g/mol. The van der Waals surface area contributed by atoms with E-state index in [2.05, 4.69) is 10.1 Å². The van der Waals surface area contributed by atoms with Gasteiger partial charge in [-0.15, -0.1) is 0 Å². The molecule has 4 rings (SSSR count). The number of benzene rings is 1. The number of nitrogens with zero attached hydrogens (tertiary/aromatic N) is 2. The third-order valence-electron chi connectivity index (χ3n) is 5.73. The maximum Gasteiger partial charge on any atom is 0.511 e. The molecule has 3 heterocycles. The molecular formula is C23H23F2N3O9. The van der Waals surface area contributed by atoms with Crippen LogP contribution in [0.15, 0.2) is 29.2 Å². The summed E-state index contributed by atoms with van der Waals surface area (Å²) < 4.78 is 48.6. The molecule has 2 amide bonds. The number of carbonyl (C=O) groups is 3. The van der Waals surface area contributed by atoms with Crippen molar-refractivity contribution in [2.75, 3.05) is 26.6 Å². The molecule has 198 valence electrons. The second-order valence-corrected chi connectivity index (χ2v) is 8.20. The molecule has 1 aromatic heterocycles. The van der Waals surface area contributed by atoms with Gasteiger partial charge in [-0.25, -0.2) is 13.6 Å². The van der Waals surface area contributed by atoms with Crippen molar-refractivity contribution >= 4 is 18.0 Å². The maximum atomic E-state index is 14.0. The van der Waals surface area contributed by atoms with Crippen LogP contribution in [0.1, 0.15) is 33.3 Å². The van der Waals surface area contributed by atoms with Crippen molar-refractivity contribution in [2.24, 2.45) is 0 Å². The molecule has 14 heteroatoms. The van der Waals surface area contributed by atoms with E-state index in [1.165, 1.54) is 15.7 Å². The Balaban J connectivity index is 1.62. The average molecular weight is 523 g/mol. The summed E-state index contributed by atoms with van der Waals surface area (Å²) in [5.74, 6) is -3.70. The lowest BCUT2D eigenvalue weighted by atomic mass is 10.1. The highest BCUT2D eigenvalue weighted by Gasteiger charge is 2.43.